The molecule has 0 saturated heterocycles. The largest absolute Gasteiger partial charge is 0.400 e. The van der Waals surface area contributed by atoms with Crippen LogP contribution in [0.5, 0.6) is 0 Å². The van der Waals surface area contributed by atoms with Gasteiger partial charge >= 0.3 is 6.18 Å². The van der Waals surface area contributed by atoms with Gasteiger partial charge in [-0.2, -0.15) is 13.2 Å². The van der Waals surface area contributed by atoms with Gasteiger partial charge in [-0.15, -0.1) is 0 Å². The molecule has 0 saturated carbocycles. The molecule has 0 N–H and O–H groups in total. The second kappa shape index (κ2) is 8.29. The Balaban J connectivity index is 2.46. The highest BCUT2D eigenvalue weighted by Gasteiger charge is 2.32. The molecule has 0 amide bonds. The number of benzene rings is 1. The minimum absolute atomic E-state index is 0.0894. The van der Waals surface area contributed by atoms with E-state index in [-0.39, 0.29) is 20.6 Å². The molecule has 2 rings (SSSR count). The van der Waals surface area contributed by atoms with E-state index in [0.717, 1.165) is 5.56 Å². The van der Waals surface area contributed by atoms with Gasteiger partial charge in [0.1, 0.15) is 5.75 Å². The summed E-state index contributed by atoms with van der Waals surface area (Å²) in [6, 6.07) is 6.01. The van der Waals surface area contributed by atoms with Crippen molar-refractivity contribution in [2.75, 3.05) is 5.75 Å². The van der Waals surface area contributed by atoms with E-state index in [0.29, 0.717) is 12.1 Å². The molecule has 1 heterocycles. The molecule has 2 aromatic rings. The van der Waals surface area contributed by atoms with Crippen molar-refractivity contribution in [2.45, 2.75) is 24.4 Å². The molecule has 134 valence electrons. The summed E-state index contributed by atoms with van der Waals surface area (Å²) in [6.07, 6.45) is -0.797. The van der Waals surface area contributed by atoms with Crippen LogP contribution in [0.3, 0.4) is 0 Å². The normalized spacial score (nSPS) is 13.8. The van der Waals surface area contributed by atoms with Crippen molar-refractivity contribution < 1.29 is 17.4 Å². The molecule has 9 heteroatoms. The van der Waals surface area contributed by atoms with E-state index >= 15 is 0 Å². The molecule has 1 aromatic heterocycles. The van der Waals surface area contributed by atoms with Crippen molar-refractivity contribution >= 4 is 45.4 Å². The van der Waals surface area contributed by atoms with Gasteiger partial charge in [0, 0.05) is 18.1 Å². The van der Waals surface area contributed by atoms with Crippen molar-refractivity contribution in [3.63, 3.8) is 0 Å². The highest BCUT2D eigenvalue weighted by Crippen LogP contribution is 2.35. The molecule has 0 radical (unpaired) electrons. The molecule has 0 aliphatic rings. The fourth-order valence-electron chi connectivity index (χ4n) is 2.04. The lowest BCUT2D eigenvalue weighted by atomic mass is 10.1. The van der Waals surface area contributed by atoms with Crippen molar-refractivity contribution in [3.05, 3.63) is 52.3 Å². The maximum absolute atomic E-state index is 12.5. The molecule has 3 nitrogen and oxygen atoms in total. The van der Waals surface area contributed by atoms with Crippen LogP contribution >= 0.6 is 23.2 Å². The van der Waals surface area contributed by atoms with Crippen LogP contribution in [0.1, 0.15) is 18.9 Å². The van der Waals surface area contributed by atoms with Crippen LogP contribution in [-0.2, 0) is 10.8 Å². The van der Waals surface area contributed by atoms with Gasteiger partial charge < -0.3 is 0 Å². The Hall–Kier alpha value is -1.44. The van der Waals surface area contributed by atoms with Crippen LogP contribution in [-0.4, -0.2) is 26.8 Å². The zero-order valence-electron chi connectivity index (χ0n) is 13.0. The third kappa shape index (κ3) is 5.52. The summed E-state index contributed by atoms with van der Waals surface area (Å²) in [4.78, 5) is 8.19. The van der Waals surface area contributed by atoms with Gasteiger partial charge in [-0.3, -0.25) is 14.2 Å². The number of halogens is 5. The summed E-state index contributed by atoms with van der Waals surface area (Å²) in [5, 5.41) is 0.0752. The van der Waals surface area contributed by atoms with Crippen LogP contribution in [0.25, 0.3) is 0 Å². The van der Waals surface area contributed by atoms with Gasteiger partial charge in [0.2, 0.25) is 0 Å². The third-order valence-electron chi connectivity index (χ3n) is 3.15. The SMILES string of the molecule is CCC(=Nc1cc(S(=O)CC(F)(F)F)c(Cl)cc1Cl)c1ccncc1. The molecule has 1 unspecified atom stereocenters. The van der Waals surface area contributed by atoms with Crippen LogP contribution in [0.15, 0.2) is 46.5 Å². The molecule has 0 aliphatic heterocycles. The fraction of sp³-hybridized carbons (Fsp3) is 0.250. The first kappa shape index (κ1) is 19.9. The van der Waals surface area contributed by atoms with Crippen molar-refractivity contribution in [1.82, 2.24) is 4.98 Å². The van der Waals surface area contributed by atoms with Crippen molar-refractivity contribution in [1.29, 1.82) is 0 Å². The van der Waals surface area contributed by atoms with Gasteiger partial charge in [0.05, 0.1) is 31.4 Å². The predicted molar refractivity (Wildman–Crippen MR) is 94.5 cm³/mol. The summed E-state index contributed by atoms with van der Waals surface area (Å²) in [6.45, 7) is 1.88. The van der Waals surface area contributed by atoms with E-state index in [1.807, 2.05) is 6.92 Å². The molecular weight excluding hydrogens is 396 g/mol. The Labute approximate surface area is 155 Å². The maximum Gasteiger partial charge on any atom is 0.400 e. The highest BCUT2D eigenvalue weighted by atomic mass is 35.5. The number of pyridine rings is 1. The lowest BCUT2D eigenvalue weighted by Crippen LogP contribution is -2.18. The van der Waals surface area contributed by atoms with Crippen molar-refractivity contribution in [3.8, 4) is 0 Å². The number of aromatic nitrogens is 1. The standard InChI is InChI=1S/C16H13Cl2F3N2OS/c1-2-13(10-3-5-22-6-4-10)23-14-8-15(12(18)7-11(14)17)25(24)9-16(19,20)21/h3-8H,2,9H2,1H3. The Kier molecular flexibility index (Phi) is 6.59. The second-order valence-electron chi connectivity index (χ2n) is 4.99. The fourth-order valence-corrected chi connectivity index (χ4v) is 3.70. The average molecular weight is 409 g/mol. The topological polar surface area (TPSA) is 42.3 Å². The first-order valence-corrected chi connectivity index (χ1v) is 9.21. The maximum atomic E-state index is 12.5. The summed E-state index contributed by atoms with van der Waals surface area (Å²) in [7, 11) is -2.34. The lowest BCUT2D eigenvalue weighted by molar-refractivity contribution is -0.105. The number of alkyl halides is 3. The number of rotatable bonds is 5. The monoisotopic (exact) mass is 408 g/mol. The molecular formula is C16H13Cl2F3N2OS. The first-order valence-electron chi connectivity index (χ1n) is 7.13. The summed E-state index contributed by atoms with van der Waals surface area (Å²) in [5.41, 5.74) is 1.69. The van der Waals surface area contributed by atoms with Crippen LogP contribution < -0.4 is 0 Å². The number of hydrogen-bond donors (Lipinski definition) is 0. The summed E-state index contributed by atoms with van der Waals surface area (Å²) >= 11 is 12.0. The van der Waals surface area contributed by atoms with E-state index < -0.39 is 22.7 Å². The number of aliphatic imine (C=N–C) groups is 1. The molecule has 25 heavy (non-hydrogen) atoms. The number of nitrogens with zero attached hydrogens (tertiary/aromatic N) is 2. The Bertz CT molecular complexity index is 811. The van der Waals surface area contributed by atoms with Crippen LogP contribution in [0.2, 0.25) is 10.0 Å². The quantitative estimate of drug-likeness (QED) is 0.605. The molecule has 0 aliphatic carbocycles. The zero-order valence-corrected chi connectivity index (χ0v) is 15.3. The molecule has 0 spiro atoms. The van der Waals surface area contributed by atoms with E-state index in [2.05, 4.69) is 9.98 Å². The van der Waals surface area contributed by atoms with Gasteiger partial charge in [-0.25, -0.2) is 0 Å². The predicted octanol–water partition coefficient (Wildman–Crippen LogP) is 5.59. The highest BCUT2D eigenvalue weighted by molar-refractivity contribution is 7.85. The summed E-state index contributed by atoms with van der Waals surface area (Å²) in [5.74, 6) is -1.48. The zero-order chi connectivity index (χ0) is 18.6. The minimum atomic E-state index is -4.57. The third-order valence-corrected chi connectivity index (χ3v) is 5.29. The molecule has 1 atom stereocenters. The van der Waals surface area contributed by atoms with E-state index in [1.54, 1.807) is 24.5 Å². The molecule has 0 fully saturated rings. The number of hydrogen-bond acceptors (Lipinski definition) is 3. The van der Waals surface area contributed by atoms with Crippen molar-refractivity contribution in [2.24, 2.45) is 4.99 Å². The second-order valence-corrected chi connectivity index (χ2v) is 7.22. The Morgan fingerprint density at radius 1 is 1.20 bits per heavy atom. The van der Waals surface area contributed by atoms with E-state index in [1.165, 1.54) is 12.1 Å². The average Bonchev–Trinajstić information content (AvgIpc) is 2.53. The Morgan fingerprint density at radius 2 is 1.84 bits per heavy atom. The van der Waals surface area contributed by atoms with E-state index in [9.17, 15) is 17.4 Å². The van der Waals surface area contributed by atoms with Gasteiger partial charge in [0.15, 0.2) is 0 Å². The molecule has 0 bridgehead atoms. The van der Waals surface area contributed by atoms with Gasteiger partial charge in [-0.1, -0.05) is 30.1 Å². The minimum Gasteiger partial charge on any atom is -0.265 e. The van der Waals surface area contributed by atoms with Crippen LogP contribution in [0.4, 0.5) is 18.9 Å². The summed E-state index contributed by atoms with van der Waals surface area (Å²) < 4.78 is 49.5. The lowest BCUT2D eigenvalue weighted by Gasteiger charge is -2.11. The Morgan fingerprint density at radius 3 is 2.40 bits per heavy atom. The smallest absolute Gasteiger partial charge is 0.265 e. The van der Waals surface area contributed by atoms with Gasteiger partial charge in [-0.05, 0) is 36.2 Å². The van der Waals surface area contributed by atoms with Crippen LogP contribution in [0, 0.1) is 0 Å². The van der Waals surface area contributed by atoms with Gasteiger partial charge in [0.25, 0.3) is 0 Å². The van der Waals surface area contributed by atoms with E-state index in [4.69, 9.17) is 23.2 Å². The first-order chi connectivity index (χ1) is 11.7. The molecule has 1 aromatic carbocycles.